The molecule has 0 bridgehead atoms. The number of aromatic amines is 1. The van der Waals surface area contributed by atoms with Crippen molar-refractivity contribution < 1.29 is 14.7 Å². The number of carboxylic acid groups (broad SMARTS) is 1. The van der Waals surface area contributed by atoms with Crippen LogP contribution in [0.5, 0.6) is 0 Å². The van der Waals surface area contributed by atoms with Crippen molar-refractivity contribution in [1.82, 2.24) is 9.97 Å². The lowest BCUT2D eigenvalue weighted by atomic mass is 10.1. The monoisotopic (exact) mass is 363 g/mol. The van der Waals surface area contributed by atoms with Crippen molar-refractivity contribution in [1.29, 1.82) is 0 Å². The second kappa shape index (κ2) is 8.31. The van der Waals surface area contributed by atoms with E-state index in [9.17, 15) is 9.59 Å². The van der Waals surface area contributed by atoms with Crippen LogP contribution < -0.4 is 5.32 Å². The Kier molecular flexibility index (Phi) is 5.66. The fourth-order valence-electron chi connectivity index (χ4n) is 2.78. The third kappa shape index (κ3) is 5.04. The molecule has 1 heterocycles. The standard InChI is InChI=1S/C21H21N3O3/c1-2-3-20(25)22-16-9-10-17-18(13-16)24-19(23-17)12-15-6-4-14(5-7-15)8-11-21(26)27/h4-11,13H,2-3,12H2,1H3,(H,22,25)(H,23,24)(H,26,27)/b11-8+. The number of H-pyrrole nitrogens is 1. The molecule has 6 nitrogen and oxygen atoms in total. The summed E-state index contributed by atoms with van der Waals surface area (Å²) in [5.41, 5.74) is 4.37. The smallest absolute Gasteiger partial charge is 0.328 e. The maximum atomic E-state index is 11.7. The highest BCUT2D eigenvalue weighted by Crippen LogP contribution is 2.19. The number of amides is 1. The number of hydrogen-bond donors (Lipinski definition) is 3. The number of benzene rings is 2. The Morgan fingerprint density at radius 1 is 1.19 bits per heavy atom. The molecule has 0 unspecified atom stereocenters. The van der Waals surface area contributed by atoms with Gasteiger partial charge < -0.3 is 15.4 Å². The Morgan fingerprint density at radius 2 is 1.96 bits per heavy atom. The van der Waals surface area contributed by atoms with Crippen LogP contribution in [0, 0.1) is 0 Å². The highest BCUT2D eigenvalue weighted by Gasteiger charge is 2.07. The summed E-state index contributed by atoms with van der Waals surface area (Å²) in [6, 6.07) is 13.3. The van der Waals surface area contributed by atoms with Crippen molar-refractivity contribution in [3.8, 4) is 0 Å². The average Bonchev–Trinajstić information content (AvgIpc) is 3.02. The number of aromatic nitrogens is 2. The Balaban J connectivity index is 1.71. The van der Waals surface area contributed by atoms with Gasteiger partial charge in [-0.05, 0) is 41.8 Å². The minimum Gasteiger partial charge on any atom is -0.478 e. The molecule has 0 saturated carbocycles. The molecule has 0 saturated heterocycles. The Hall–Kier alpha value is -3.41. The van der Waals surface area contributed by atoms with Crippen molar-refractivity contribution in [3.63, 3.8) is 0 Å². The van der Waals surface area contributed by atoms with Gasteiger partial charge in [0.05, 0.1) is 11.0 Å². The van der Waals surface area contributed by atoms with Crippen LogP contribution in [0.2, 0.25) is 0 Å². The number of rotatable bonds is 7. The highest BCUT2D eigenvalue weighted by molar-refractivity contribution is 5.93. The molecule has 6 heteroatoms. The Labute approximate surface area is 156 Å². The molecule has 0 fully saturated rings. The van der Waals surface area contributed by atoms with E-state index < -0.39 is 5.97 Å². The first-order chi connectivity index (χ1) is 13.0. The van der Waals surface area contributed by atoms with E-state index >= 15 is 0 Å². The molecule has 0 spiro atoms. The molecule has 138 valence electrons. The zero-order valence-electron chi connectivity index (χ0n) is 15.0. The van der Waals surface area contributed by atoms with Gasteiger partial charge in [0.25, 0.3) is 0 Å². The molecule has 0 radical (unpaired) electrons. The first-order valence-corrected chi connectivity index (χ1v) is 8.82. The SMILES string of the molecule is CCCC(=O)Nc1ccc2[nH]c(Cc3ccc(/C=C/C(=O)O)cc3)nc2c1. The van der Waals surface area contributed by atoms with Crippen molar-refractivity contribution in [2.75, 3.05) is 5.32 Å². The van der Waals surface area contributed by atoms with E-state index in [0.717, 1.165) is 46.2 Å². The largest absolute Gasteiger partial charge is 0.478 e. The summed E-state index contributed by atoms with van der Waals surface area (Å²) in [5.74, 6) is -0.132. The van der Waals surface area contributed by atoms with E-state index in [1.165, 1.54) is 0 Å². The summed E-state index contributed by atoms with van der Waals surface area (Å²) in [5, 5.41) is 11.5. The van der Waals surface area contributed by atoms with Crippen molar-refractivity contribution in [2.45, 2.75) is 26.2 Å². The number of hydrogen-bond acceptors (Lipinski definition) is 3. The van der Waals surface area contributed by atoms with Gasteiger partial charge >= 0.3 is 5.97 Å². The third-order valence-corrected chi connectivity index (χ3v) is 4.06. The number of nitrogens with zero attached hydrogens (tertiary/aromatic N) is 1. The number of fused-ring (bicyclic) bond motifs is 1. The van der Waals surface area contributed by atoms with E-state index in [1.54, 1.807) is 6.08 Å². The van der Waals surface area contributed by atoms with Gasteiger partial charge in [-0.3, -0.25) is 4.79 Å². The van der Waals surface area contributed by atoms with Crippen molar-refractivity contribution in [3.05, 3.63) is 65.5 Å². The van der Waals surface area contributed by atoms with Gasteiger partial charge in [0.15, 0.2) is 0 Å². The van der Waals surface area contributed by atoms with Gasteiger partial charge in [-0.2, -0.15) is 0 Å². The van der Waals surface area contributed by atoms with Gasteiger partial charge in [-0.1, -0.05) is 31.2 Å². The normalized spacial score (nSPS) is 11.1. The number of carbonyl (C=O) groups excluding carboxylic acids is 1. The van der Waals surface area contributed by atoms with E-state index in [-0.39, 0.29) is 5.91 Å². The lowest BCUT2D eigenvalue weighted by molar-refractivity contribution is -0.131. The predicted octanol–water partition coefficient (Wildman–Crippen LogP) is 3.99. The maximum absolute atomic E-state index is 11.7. The number of nitrogens with one attached hydrogen (secondary N) is 2. The molecular formula is C21H21N3O3. The molecule has 0 aliphatic rings. The second-order valence-electron chi connectivity index (χ2n) is 6.30. The minimum absolute atomic E-state index is 0.00430. The van der Waals surface area contributed by atoms with Crippen LogP contribution in [-0.2, 0) is 16.0 Å². The molecule has 0 aliphatic carbocycles. The fraction of sp³-hybridized carbons (Fsp3) is 0.190. The van der Waals surface area contributed by atoms with Gasteiger partial charge in [-0.15, -0.1) is 0 Å². The zero-order valence-corrected chi connectivity index (χ0v) is 15.0. The molecule has 1 aromatic heterocycles. The quantitative estimate of drug-likeness (QED) is 0.553. The van der Waals surface area contributed by atoms with Gasteiger partial charge in [0, 0.05) is 24.6 Å². The van der Waals surface area contributed by atoms with Crippen LogP contribution in [0.1, 0.15) is 36.7 Å². The number of carbonyl (C=O) groups is 2. The first kappa shape index (κ1) is 18.4. The summed E-state index contributed by atoms with van der Waals surface area (Å²) < 4.78 is 0. The Bertz CT molecular complexity index is 988. The lowest BCUT2D eigenvalue weighted by Crippen LogP contribution is -2.10. The Morgan fingerprint density at radius 3 is 2.67 bits per heavy atom. The maximum Gasteiger partial charge on any atom is 0.328 e. The highest BCUT2D eigenvalue weighted by atomic mass is 16.4. The summed E-state index contributed by atoms with van der Waals surface area (Å²) >= 11 is 0. The second-order valence-corrected chi connectivity index (χ2v) is 6.30. The van der Waals surface area contributed by atoms with E-state index in [1.807, 2.05) is 49.4 Å². The molecule has 3 N–H and O–H groups in total. The van der Waals surface area contributed by atoms with E-state index in [4.69, 9.17) is 5.11 Å². The van der Waals surface area contributed by atoms with Crippen molar-refractivity contribution >= 4 is 34.7 Å². The first-order valence-electron chi connectivity index (χ1n) is 8.82. The zero-order chi connectivity index (χ0) is 19.2. The minimum atomic E-state index is -0.966. The molecule has 2 aromatic carbocycles. The van der Waals surface area contributed by atoms with Gasteiger partial charge in [0.2, 0.25) is 5.91 Å². The van der Waals surface area contributed by atoms with Crippen molar-refractivity contribution in [2.24, 2.45) is 0 Å². The van der Waals surface area contributed by atoms with Crippen LogP contribution in [-0.4, -0.2) is 27.0 Å². The van der Waals surface area contributed by atoms with E-state index in [0.29, 0.717) is 12.8 Å². The average molecular weight is 363 g/mol. The molecular weight excluding hydrogens is 342 g/mol. The van der Waals surface area contributed by atoms with Crippen LogP contribution >= 0.6 is 0 Å². The fourth-order valence-corrected chi connectivity index (χ4v) is 2.78. The summed E-state index contributed by atoms with van der Waals surface area (Å²) in [4.78, 5) is 30.2. The van der Waals surface area contributed by atoms with Crippen LogP contribution in [0.25, 0.3) is 17.1 Å². The molecule has 0 aliphatic heterocycles. The molecule has 0 atom stereocenters. The number of aliphatic carboxylic acids is 1. The van der Waals surface area contributed by atoms with Gasteiger partial charge in [0.1, 0.15) is 5.82 Å². The number of anilines is 1. The summed E-state index contributed by atoms with van der Waals surface area (Å²) in [6.07, 6.45) is 4.62. The molecule has 3 aromatic rings. The van der Waals surface area contributed by atoms with E-state index in [2.05, 4.69) is 15.3 Å². The molecule has 27 heavy (non-hydrogen) atoms. The summed E-state index contributed by atoms with van der Waals surface area (Å²) in [6.45, 7) is 1.97. The lowest BCUT2D eigenvalue weighted by Gasteiger charge is -2.03. The third-order valence-electron chi connectivity index (χ3n) is 4.06. The van der Waals surface area contributed by atoms with Crippen LogP contribution in [0.4, 0.5) is 5.69 Å². The van der Waals surface area contributed by atoms with Crippen LogP contribution in [0.3, 0.4) is 0 Å². The van der Waals surface area contributed by atoms with Gasteiger partial charge in [-0.25, -0.2) is 9.78 Å². The molecule has 1 amide bonds. The number of imidazole rings is 1. The predicted molar refractivity (Wildman–Crippen MR) is 106 cm³/mol. The number of carboxylic acids is 1. The van der Waals surface area contributed by atoms with Crippen LogP contribution in [0.15, 0.2) is 48.5 Å². The topological polar surface area (TPSA) is 95.1 Å². The summed E-state index contributed by atoms with van der Waals surface area (Å²) in [7, 11) is 0. The molecule has 3 rings (SSSR count).